The number of carbonyl (C=O) groups excluding carboxylic acids is 1. The third-order valence-corrected chi connectivity index (χ3v) is 4.46. The van der Waals surface area contributed by atoms with Crippen LogP contribution in [0.5, 0.6) is 5.75 Å². The van der Waals surface area contributed by atoms with Gasteiger partial charge in [-0.15, -0.1) is 0 Å². The number of hydrogen-bond donors (Lipinski definition) is 1. The van der Waals surface area contributed by atoms with Crippen molar-refractivity contribution in [1.82, 2.24) is 9.80 Å². The smallest absolute Gasteiger partial charge is 0.240 e. The highest BCUT2D eigenvalue weighted by atomic mass is 16.5. The van der Waals surface area contributed by atoms with E-state index in [0.29, 0.717) is 13.1 Å². The quantitative estimate of drug-likeness (QED) is 0.833. The van der Waals surface area contributed by atoms with Crippen molar-refractivity contribution in [1.29, 1.82) is 0 Å². The summed E-state index contributed by atoms with van der Waals surface area (Å²) >= 11 is 0. The van der Waals surface area contributed by atoms with E-state index in [0.717, 1.165) is 30.7 Å². The Morgan fingerprint density at radius 1 is 1.39 bits per heavy atom. The number of amides is 1. The Bertz CT molecular complexity index is 519. The lowest BCUT2D eigenvalue weighted by Crippen LogP contribution is -2.54. The van der Waals surface area contributed by atoms with E-state index in [1.807, 2.05) is 29.2 Å². The number of hydrogen-bond acceptors (Lipinski definition) is 4. The first-order valence-corrected chi connectivity index (χ1v) is 8.35. The highest BCUT2D eigenvalue weighted by Gasteiger charge is 2.34. The molecule has 0 aromatic heterocycles. The number of methoxy groups -OCH3 is 1. The second-order valence-electron chi connectivity index (χ2n) is 6.29. The van der Waals surface area contributed by atoms with Gasteiger partial charge in [0.25, 0.3) is 0 Å². The van der Waals surface area contributed by atoms with Gasteiger partial charge in [0.1, 0.15) is 5.75 Å². The fourth-order valence-corrected chi connectivity index (χ4v) is 3.26. The molecule has 0 saturated carbocycles. The largest absolute Gasteiger partial charge is 0.496 e. The van der Waals surface area contributed by atoms with Crippen LogP contribution in [0.2, 0.25) is 0 Å². The first kappa shape index (κ1) is 17.8. The van der Waals surface area contributed by atoms with Gasteiger partial charge in [-0.1, -0.05) is 18.2 Å². The summed E-state index contributed by atoms with van der Waals surface area (Å²) in [5, 5.41) is 9.44. The van der Waals surface area contributed by atoms with Gasteiger partial charge in [0, 0.05) is 31.2 Å². The minimum atomic E-state index is -0.164. The molecule has 1 aliphatic heterocycles. The van der Waals surface area contributed by atoms with Crippen LogP contribution in [0.4, 0.5) is 0 Å². The average Bonchev–Trinajstić information content (AvgIpc) is 2.55. The number of aliphatic hydroxyl groups is 1. The molecule has 5 nitrogen and oxygen atoms in total. The number of benzene rings is 1. The molecule has 1 amide bonds. The van der Waals surface area contributed by atoms with Gasteiger partial charge in [-0.05, 0) is 32.8 Å². The molecule has 0 bridgehead atoms. The van der Waals surface area contributed by atoms with Crippen molar-refractivity contribution in [2.24, 2.45) is 0 Å². The first-order valence-electron chi connectivity index (χ1n) is 8.35. The summed E-state index contributed by atoms with van der Waals surface area (Å²) in [5.41, 5.74) is 1.04. The Morgan fingerprint density at radius 2 is 2.13 bits per heavy atom. The van der Waals surface area contributed by atoms with Crippen LogP contribution in [-0.2, 0) is 11.3 Å². The molecule has 5 heteroatoms. The van der Waals surface area contributed by atoms with Gasteiger partial charge in [0.05, 0.1) is 19.8 Å². The molecule has 1 fully saturated rings. The zero-order valence-corrected chi connectivity index (χ0v) is 14.4. The lowest BCUT2D eigenvalue weighted by atomic mass is 10.0. The zero-order valence-electron chi connectivity index (χ0n) is 14.4. The van der Waals surface area contributed by atoms with Crippen LogP contribution in [0.15, 0.2) is 24.3 Å². The van der Waals surface area contributed by atoms with Crippen molar-refractivity contribution in [2.75, 3.05) is 26.8 Å². The number of rotatable bonds is 7. The lowest BCUT2D eigenvalue weighted by molar-refractivity contribution is -0.142. The van der Waals surface area contributed by atoms with Crippen LogP contribution in [0.1, 0.15) is 32.3 Å². The van der Waals surface area contributed by atoms with Crippen molar-refractivity contribution >= 4 is 5.91 Å². The Labute approximate surface area is 138 Å². The zero-order chi connectivity index (χ0) is 16.8. The molecule has 0 radical (unpaired) electrons. The lowest BCUT2D eigenvalue weighted by Gasteiger charge is -2.40. The monoisotopic (exact) mass is 320 g/mol. The fraction of sp³-hybridized carbons (Fsp3) is 0.611. The predicted octanol–water partition coefficient (Wildman–Crippen LogP) is 1.89. The molecular weight excluding hydrogens is 292 g/mol. The first-order chi connectivity index (χ1) is 11.1. The summed E-state index contributed by atoms with van der Waals surface area (Å²) < 4.78 is 5.41. The maximum absolute atomic E-state index is 12.8. The molecule has 23 heavy (non-hydrogen) atoms. The van der Waals surface area contributed by atoms with E-state index in [1.165, 1.54) is 0 Å². The van der Waals surface area contributed by atoms with Gasteiger partial charge in [-0.25, -0.2) is 0 Å². The van der Waals surface area contributed by atoms with Crippen LogP contribution in [0, 0.1) is 0 Å². The fourth-order valence-electron chi connectivity index (χ4n) is 3.26. The molecule has 1 aromatic carbocycles. The number of nitrogens with zero attached hydrogens (tertiary/aromatic N) is 2. The minimum absolute atomic E-state index is 0.0423. The van der Waals surface area contributed by atoms with Crippen molar-refractivity contribution < 1.29 is 14.6 Å². The van der Waals surface area contributed by atoms with E-state index in [1.54, 1.807) is 7.11 Å². The van der Waals surface area contributed by atoms with Crippen molar-refractivity contribution in [3.8, 4) is 5.75 Å². The number of likely N-dealkylation sites (tertiary alicyclic amines) is 1. The van der Waals surface area contributed by atoms with E-state index >= 15 is 0 Å². The predicted molar refractivity (Wildman–Crippen MR) is 90.4 cm³/mol. The van der Waals surface area contributed by atoms with Crippen LogP contribution < -0.4 is 4.74 Å². The summed E-state index contributed by atoms with van der Waals surface area (Å²) in [4.78, 5) is 16.8. The van der Waals surface area contributed by atoms with E-state index in [9.17, 15) is 9.90 Å². The van der Waals surface area contributed by atoms with Crippen molar-refractivity contribution in [3.63, 3.8) is 0 Å². The number of piperidine rings is 1. The standard InChI is InChI=1S/C18H28N2O3/c1-14(2)20-10-6-8-16(18(20)22)19(11-12-21)13-15-7-4-5-9-17(15)23-3/h4-5,7,9,14,16,21H,6,8,10-13H2,1-3H3/t16-/m1/s1. The molecule has 128 valence electrons. The van der Waals surface area contributed by atoms with Crippen molar-refractivity contribution in [3.05, 3.63) is 29.8 Å². The van der Waals surface area contributed by atoms with Gasteiger partial charge < -0.3 is 14.7 Å². The van der Waals surface area contributed by atoms with Gasteiger partial charge in [0.2, 0.25) is 5.91 Å². The summed E-state index contributed by atoms with van der Waals surface area (Å²) in [6, 6.07) is 7.89. The van der Waals surface area contributed by atoms with Gasteiger partial charge in [0.15, 0.2) is 0 Å². The summed E-state index contributed by atoms with van der Waals surface area (Å²) in [6.45, 7) is 6.07. The van der Waals surface area contributed by atoms with Crippen LogP contribution in [0.25, 0.3) is 0 Å². The third kappa shape index (κ3) is 4.24. The van der Waals surface area contributed by atoms with Crippen LogP contribution in [-0.4, -0.2) is 59.7 Å². The Morgan fingerprint density at radius 3 is 2.78 bits per heavy atom. The topological polar surface area (TPSA) is 53.0 Å². The van der Waals surface area contributed by atoms with Gasteiger partial charge >= 0.3 is 0 Å². The highest BCUT2D eigenvalue weighted by molar-refractivity contribution is 5.82. The van der Waals surface area contributed by atoms with E-state index < -0.39 is 0 Å². The minimum Gasteiger partial charge on any atom is -0.496 e. The maximum Gasteiger partial charge on any atom is 0.240 e. The van der Waals surface area contributed by atoms with Crippen LogP contribution in [0.3, 0.4) is 0 Å². The summed E-state index contributed by atoms with van der Waals surface area (Å²) in [7, 11) is 1.65. The maximum atomic E-state index is 12.8. The molecule has 1 N–H and O–H groups in total. The number of ether oxygens (including phenoxy) is 1. The number of aliphatic hydroxyl groups excluding tert-OH is 1. The molecule has 0 spiro atoms. The second-order valence-corrected chi connectivity index (χ2v) is 6.29. The average molecular weight is 320 g/mol. The molecule has 1 heterocycles. The van der Waals surface area contributed by atoms with E-state index in [4.69, 9.17) is 4.74 Å². The molecule has 1 aliphatic rings. The Kier molecular flexibility index (Phi) is 6.42. The SMILES string of the molecule is COc1ccccc1CN(CCO)[C@@H]1CCCN(C(C)C)C1=O. The second kappa shape index (κ2) is 8.31. The van der Waals surface area contributed by atoms with E-state index in [-0.39, 0.29) is 24.6 Å². The molecule has 1 atom stereocenters. The summed E-state index contributed by atoms with van der Waals surface area (Å²) in [6.07, 6.45) is 1.85. The molecule has 0 unspecified atom stereocenters. The molecule has 0 aliphatic carbocycles. The Balaban J connectivity index is 2.18. The molecule has 1 saturated heterocycles. The summed E-state index contributed by atoms with van der Waals surface area (Å²) in [5.74, 6) is 0.994. The number of carbonyl (C=O) groups is 1. The molecule has 2 rings (SSSR count). The molecular formula is C18H28N2O3. The Hall–Kier alpha value is -1.59. The van der Waals surface area contributed by atoms with Crippen molar-refractivity contribution in [2.45, 2.75) is 45.3 Å². The third-order valence-electron chi connectivity index (χ3n) is 4.46. The van der Waals surface area contributed by atoms with E-state index in [2.05, 4.69) is 18.7 Å². The van der Waals surface area contributed by atoms with Gasteiger partial charge in [-0.2, -0.15) is 0 Å². The highest BCUT2D eigenvalue weighted by Crippen LogP contribution is 2.24. The number of para-hydroxylation sites is 1. The van der Waals surface area contributed by atoms with Crippen LogP contribution >= 0.6 is 0 Å². The van der Waals surface area contributed by atoms with Gasteiger partial charge in [-0.3, -0.25) is 9.69 Å². The normalized spacial score (nSPS) is 18.8. The molecule has 1 aromatic rings.